The highest BCUT2D eigenvalue weighted by atomic mass is 79.9. The first-order valence-electron chi connectivity index (χ1n) is 4.03. The van der Waals surface area contributed by atoms with E-state index in [2.05, 4.69) is 15.9 Å². The Morgan fingerprint density at radius 2 is 1.80 bits per heavy atom. The molecular weight excluding hydrogens is 273 g/mol. The van der Waals surface area contributed by atoms with Crippen LogP contribution in [0.25, 0.3) is 6.08 Å². The first-order valence-corrected chi connectivity index (χ1v) is 4.82. The Bertz CT molecular complexity index is 474. The van der Waals surface area contributed by atoms with Gasteiger partial charge in [0, 0.05) is 10.0 Å². The molecule has 0 unspecified atom stereocenters. The molecule has 1 aliphatic rings. The van der Waals surface area contributed by atoms with E-state index in [0.29, 0.717) is 10.0 Å². The Morgan fingerprint density at radius 1 is 1.13 bits per heavy atom. The third-order valence-corrected chi connectivity index (χ3v) is 2.56. The Hall–Kier alpha value is -1.10. The van der Waals surface area contributed by atoms with E-state index in [1.54, 1.807) is 0 Å². The predicted molar refractivity (Wildman–Crippen MR) is 52.5 cm³/mol. The van der Waals surface area contributed by atoms with Crippen molar-refractivity contribution in [3.05, 3.63) is 39.4 Å². The Kier molecular flexibility index (Phi) is 2.22. The molecule has 0 fully saturated rings. The molecule has 0 spiro atoms. The highest BCUT2D eigenvalue weighted by Gasteiger charge is 2.37. The minimum Gasteiger partial charge on any atom is -0.289 e. The molecule has 1 aliphatic carbocycles. The molecule has 5 heteroatoms. The summed E-state index contributed by atoms with van der Waals surface area (Å²) >= 11 is 2.98. The van der Waals surface area contributed by atoms with Crippen LogP contribution in [0.15, 0.2) is 22.7 Å². The van der Waals surface area contributed by atoms with Gasteiger partial charge in [-0.1, -0.05) is 22.0 Å². The van der Waals surface area contributed by atoms with Gasteiger partial charge < -0.3 is 0 Å². The van der Waals surface area contributed by atoms with Gasteiger partial charge in [-0.05, 0) is 23.8 Å². The number of halogens is 4. The summed E-state index contributed by atoms with van der Waals surface area (Å²) < 4.78 is 38.1. The fraction of sp³-hybridized carbons (Fsp3) is 0.100. The molecule has 78 valence electrons. The van der Waals surface area contributed by atoms with Crippen LogP contribution >= 0.6 is 15.9 Å². The van der Waals surface area contributed by atoms with Crippen LogP contribution in [-0.2, 0) is 6.18 Å². The fourth-order valence-corrected chi connectivity index (χ4v) is 1.98. The summed E-state index contributed by atoms with van der Waals surface area (Å²) in [5.74, 6) is -0.593. The molecule has 1 aromatic carbocycles. The normalized spacial score (nSPS) is 14.5. The van der Waals surface area contributed by atoms with E-state index in [-0.39, 0.29) is 5.56 Å². The summed E-state index contributed by atoms with van der Waals surface area (Å²) in [6.45, 7) is 0. The zero-order valence-electron chi connectivity index (χ0n) is 7.23. The number of benzene rings is 1. The summed E-state index contributed by atoms with van der Waals surface area (Å²) in [5.41, 5.74) is -0.839. The number of carbonyl (C=O) groups excluding carboxylic acids is 1. The molecule has 0 radical (unpaired) electrons. The van der Waals surface area contributed by atoms with Gasteiger partial charge in [0.15, 0.2) is 5.78 Å². The van der Waals surface area contributed by atoms with Crippen molar-refractivity contribution in [1.82, 2.24) is 0 Å². The molecule has 0 aliphatic heterocycles. The van der Waals surface area contributed by atoms with Gasteiger partial charge in [0.25, 0.3) is 0 Å². The minimum absolute atomic E-state index is 0.259. The number of ketones is 1. The lowest BCUT2D eigenvalue weighted by Crippen LogP contribution is -2.11. The van der Waals surface area contributed by atoms with Crippen molar-refractivity contribution in [1.29, 1.82) is 0 Å². The molecule has 1 aromatic rings. The lowest BCUT2D eigenvalue weighted by molar-refractivity contribution is -0.137. The highest BCUT2D eigenvalue weighted by molar-refractivity contribution is 9.10. The second kappa shape index (κ2) is 3.20. The Morgan fingerprint density at radius 3 is 2.40 bits per heavy atom. The number of carbonyl (C=O) groups is 1. The van der Waals surface area contributed by atoms with Crippen LogP contribution in [-0.4, -0.2) is 5.78 Å². The summed E-state index contributed by atoms with van der Waals surface area (Å²) in [4.78, 5) is 11.2. The maximum absolute atomic E-state index is 12.6. The van der Waals surface area contributed by atoms with Crippen LogP contribution in [0.2, 0.25) is 0 Å². The van der Waals surface area contributed by atoms with Crippen molar-refractivity contribution in [3.8, 4) is 0 Å². The first kappa shape index (κ1) is 10.4. The van der Waals surface area contributed by atoms with Crippen LogP contribution in [0.3, 0.4) is 0 Å². The molecule has 1 nitrogen and oxygen atoms in total. The first-order chi connectivity index (χ1) is 6.89. The standard InChI is InChI=1S/C10H4BrF3O/c11-6-3-5-1-2-8(15)9(5)7(4-6)10(12,13)14/h1-4H. The van der Waals surface area contributed by atoms with Crippen LogP contribution in [0.5, 0.6) is 0 Å². The van der Waals surface area contributed by atoms with E-state index in [4.69, 9.17) is 0 Å². The van der Waals surface area contributed by atoms with E-state index in [1.807, 2.05) is 0 Å². The Balaban J connectivity index is 2.73. The number of allylic oxidation sites excluding steroid dienone is 1. The molecule has 0 bridgehead atoms. The lowest BCUT2D eigenvalue weighted by Gasteiger charge is -2.11. The van der Waals surface area contributed by atoms with E-state index in [0.717, 1.165) is 12.1 Å². The topological polar surface area (TPSA) is 17.1 Å². The van der Waals surface area contributed by atoms with Gasteiger partial charge in [-0.25, -0.2) is 0 Å². The van der Waals surface area contributed by atoms with Crippen molar-refractivity contribution in [2.75, 3.05) is 0 Å². The average molecular weight is 277 g/mol. The molecule has 0 amide bonds. The summed E-state index contributed by atoms with van der Waals surface area (Å²) in [6.07, 6.45) is -1.97. The zero-order chi connectivity index (χ0) is 11.2. The second-order valence-electron chi connectivity index (χ2n) is 3.11. The minimum atomic E-state index is -4.50. The average Bonchev–Trinajstić information content (AvgIpc) is 2.44. The number of alkyl halides is 3. The third kappa shape index (κ3) is 1.71. The molecule has 0 saturated heterocycles. The van der Waals surface area contributed by atoms with Gasteiger partial charge in [-0.2, -0.15) is 13.2 Å². The van der Waals surface area contributed by atoms with E-state index in [9.17, 15) is 18.0 Å². The molecule has 2 rings (SSSR count). The molecule has 0 aromatic heterocycles. The highest BCUT2D eigenvalue weighted by Crippen LogP contribution is 2.38. The molecular formula is C10H4BrF3O. The van der Waals surface area contributed by atoms with Crippen LogP contribution in [0.4, 0.5) is 13.2 Å². The Labute approximate surface area is 91.7 Å². The largest absolute Gasteiger partial charge is 0.417 e. The summed E-state index contributed by atoms with van der Waals surface area (Å²) in [6, 6.07) is 2.41. The number of hydrogen-bond acceptors (Lipinski definition) is 1. The SMILES string of the molecule is O=C1C=Cc2cc(Br)cc(C(F)(F)F)c21. The molecule has 0 heterocycles. The quantitative estimate of drug-likeness (QED) is 0.707. The maximum Gasteiger partial charge on any atom is 0.417 e. The van der Waals surface area contributed by atoms with Crippen molar-refractivity contribution < 1.29 is 18.0 Å². The monoisotopic (exact) mass is 276 g/mol. The molecule has 0 saturated carbocycles. The van der Waals surface area contributed by atoms with E-state index in [1.165, 1.54) is 12.1 Å². The van der Waals surface area contributed by atoms with Gasteiger partial charge in [0.05, 0.1) is 5.56 Å². The van der Waals surface area contributed by atoms with E-state index >= 15 is 0 Å². The number of rotatable bonds is 0. The maximum atomic E-state index is 12.6. The fourth-order valence-electron chi connectivity index (χ4n) is 1.51. The van der Waals surface area contributed by atoms with Crippen LogP contribution < -0.4 is 0 Å². The zero-order valence-corrected chi connectivity index (χ0v) is 8.82. The second-order valence-corrected chi connectivity index (χ2v) is 4.03. The lowest BCUT2D eigenvalue weighted by atomic mass is 10.0. The van der Waals surface area contributed by atoms with Gasteiger partial charge in [0.1, 0.15) is 0 Å². The number of hydrogen-bond donors (Lipinski definition) is 0. The van der Waals surface area contributed by atoms with Crippen molar-refractivity contribution in [2.45, 2.75) is 6.18 Å². The van der Waals surface area contributed by atoms with Gasteiger partial charge in [-0.15, -0.1) is 0 Å². The summed E-state index contributed by atoms with van der Waals surface area (Å²) in [7, 11) is 0. The molecule has 0 N–H and O–H groups in total. The van der Waals surface area contributed by atoms with Gasteiger partial charge >= 0.3 is 6.18 Å². The van der Waals surface area contributed by atoms with Gasteiger partial charge in [0.2, 0.25) is 0 Å². The summed E-state index contributed by atoms with van der Waals surface area (Å²) in [5, 5.41) is 0. The van der Waals surface area contributed by atoms with Crippen molar-refractivity contribution in [3.63, 3.8) is 0 Å². The molecule has 0 atom stereocenters. The van der Waals surface area contributed by atoms with Crippen LogP contribution in [0, 0.1) is 0 Å². The van der Waals surface area contributed by atoms with Crippen LogP contribution in [0.1, 0.15) is 21.5 Å². The number of fused-ring (bicyclic) bond motifs is 1. The molecule has 15 heavy (non-hydrogen) atoms. The van der Waals surface area contributed by atoms with E-state index < -0.39 is 17.5 Å². The van der Waals surface area contributed by atoms with Crippen molar-refractivity contribution in [2.24, 2.45) is 0 Å². The van der Waals surface area contributed by atoms with Gasteiger partial charge in [-0.3, -0.25) is 4.79 Å². The third-order valence-electron chi connectivity index (χ3n) is 2.10. The van der Waals surface area contributed by atoms with Crippen molar-refractivity contribution >= 4 is 27.8 Å². The smallest absolute Gasteiger partial charge is 0.289 e. The predicted octanol–water partition coefficient (Wildman–Crippen LogP) is 3.68.